The Hall–Kier alpha value is -0.680. The highest BCUT2D eigenvalue weighted by Crippen LogP contribution is 2.23. The molecule has 0 amide bonds. The maximum Gasteiger partial charge on any atom is 0.141 e. The van der Waals surface area contributed by atoms with E-state index < -0.39 is 0 Å². The second-order valence-corrected chi connectivity index (χ2v) is 5.13. The molecule has 4 nitrogen and oxygen atoms in total. The first-order valence-electron chi connectivity index (χ1n) is 6.13. The van der Waals surface area contributed by atoms with Gasteiger partial charge in [-0.3, -0.25) is 0 Å². The molecule has 2 rings (SSSR count). The van der Waals surface area contributed by atoms with Crippen LogP contribution in [-0.4, -0.2) is 22.7 Å². The lowest BCUT2D eigenvalue weighted by Gasteiger charge is -2.22. The number of aromatic nitrogens is 2. The average Bonchev–Trinajstić information content (AvgIpc) is 2.35. The van der Waals surface area contributed by atoms with Crippen LogP contribution < -0.4 is 5.73 Å². The summed E-state index contributed by atoms with van der Waals surface area (Å²) in [6, 6.07) is 0. The van der Waals surface area contributed by atoms with Crippen molar-refractivity contribution in [1.29, 1.82) is 0 Å². The molecule has 94 valence electrons. The molecule has 2 N–H and O–H groups in total. The summed E-state index contributed by atoms with van der Waals surface area (Å²) in [7, 11) is 0. The summed E-state index contributed by atoms with van der Waals surface area (Å²) >= 11 is 3.42. The van der Waals surface area contributed by atoms with Gasteiger partial charge in [-0.1, -0.05) is 6.92 Å². The first-order valence-corrected chi connectivity index (χ1v) is 6.92. The molecule has 1 aliphatic rings. The number of halogens is 1. The highest BCUT2D eigenvalue weighted by atomic mass is 79.9. The first-order chi connectivity index (χ1) is 8.20. The topological polar surface area (TPSA) is 61.0 Å². The molecule has 1 atom stereocenters. The van der Waals surface area contributed by atoms with Crippen molar-refractivity contribution in [3.05, 3.63) is 16.0 Å². The molecule has 2 heterocycles. The van der Waals surface area contributed by atoms with E-state index in [4.69, 9.17) is 10.5 Å². The molecule has 0 spiro atoms. The Morgan fingerprint density at radius 2 is 2.24 bits per heavy atom. The van der Waals surface area contributed by atoms with Gasteiger partial charge >= 0.3 is 0 Å². The van der Waals surface area contributed by atoms with Gasteiger partial charge in [-0.25, -0.2) is 9.97 Å². The van der Waals surface area contributed by atoms with Gasteiger partial charge in [-0.2, -0.15) is 0 Å². The number of aryl methyl sites for hydroxylation is 1. The van der Waals surface area contributed by atoms with E-state index in [1.807, 2.05) is 0 Å². The average molecular weight is 300 g/mol. The zero-order valence-corrected chi connectivity index (χ0v) is 11.7. The third-order valence-corrected chi connectivity index (χ3v) is 3.87. The molecular formula is C12H18BrN3O. The summed E-state index contributed by atoms with van der Waals surface area (Å²) in [5.74, 6) is 1.33. The van der Waals surface area contributed by atoms with Crippen molar-refractivity contribution >= 4 is 21.7 Å². The molecular weight excluding hydrogens is 282 g/mol. The van der Waals surface area contributed by atoms with Gasteiger partial charge < -0.3 is 10.5 Å². The summed E-state index contributed by atoms with van der Waals surface area (Å²) in [5.41, 5.74) is 6.84. The van der Waals surface area contributed by atoms with E-state index >= 15 is 0 Å². The molecule has 0 aliphatic carbocycles. The lowest BCUT2D eigenvalue weighted by Crippen LogP contribution is -2.23. The van der Waals surface area contributed by atoms with E-state index in [-0.39, 0.29) is 6.10 Å². The summed E-state index contributed by atoms with van der Waals surface area (Å²) in [6.45, 7) is 2.92. The molecule has 0 aromatic carbocycles. The van der Waals surface area contributed by atoms with Gasteiger partial charge in [0.2, 0.25) is 0 Å². The third-order valence-electron chi connectivity index (χ3n) is 3.01. The van der Waals surface area contributed by atoms with Crippen LogP contribution in [0, 0.1) is 0 Å². The zero-order chi connectivity index (χ0) is 12.3. The number of nitrogens with zero attached hydrogens (tertiary/aromatic N) is 2. The standard InChI is InChI=1S/C12H18BrN3O/c1-2-9-11(13)12(14)16-10(15-9)7-8-5-3-4-6-17-8/h8H,2-7H2,1H3,(H2,14,15,16). The van der Waals surface area contributed by atoms with Crippen LogP contribution >= 0.6 is 15.9 Å². The van der Waals surface area contributed by atoms with Gasteiger partial charge in [0.05, 0.1) is 16.3 Å². The van der Waals surface area contributed by atoms with Gasteiger partial charge in [-0.15, -0.1) is 0 Å². The van der Waals surface area contributed by atoms with E-state index in [0.29, 0.717) is 5.82 Å². The van der Waals surface area contributed by atoms with Crippen LogP contribution in [-0.2, 0) is 17.6 Å². The van der Waals surface area contributed by atoms with Crippen molar-refractivity contribution in [3.8, 4) is 0 Å². The van der Waals surface area contributed by atoms with Gasteiger partial charge in [0.25, 0.3) is 0 Å². The SMILES string of the molecule is CCc1nc(CC2CCCCO2)nc(N)c1Br. The smallest absolute Gasteiger partial charge is 0.141 e. The lowest BCUT2D eigenvalue weighted by molar-refractivity contribution is 0.0156. The maximum absolute atomic E-state index is 5.86. The normalized spacial score (nSPS) is 20.5. The molecule has 1 fully saturated rings. The fourth-order valence-corrected chi connectivity index (χ4v) is 2.52. The van der Waals surface area contributed by atoms with E-state index in [0.717, 1.165) is 41.9 Å². The van der Waals surface area contributed by atoms with Gasteiger partial charge in [0.1, 0.15) is 11.6 Å². The van der Waals surface area contributed by atoms with Crippen LogP contribution in [0.5, 0.6) is 0 Å². The molecule has 0 saturated carbocycles. The Kier molecular flexibility index (Phi) is 4.34. The van der Waals surface area contributed by atoms with Gasteiger partial charge in [-0.05, 0) is 41.6 Å². The fraction of sp³-hybridized carbons (Fsp3) is 0.667. The highest BCUT2D eigenvalue weighted by Gasteiger charge is 2.17. The monoisotopic (exact) mass is 299 g/mol. The number of nitrogen functional groups attached to an aromatic ring is 1. The Morgan fingerprint density at radius 3 is 2.88 bits per heavy atom. The Labute approximate surface area is 110 Å². The second-order valence-electron chi connectivity index (χ2n) is 4.33. The molecule has 0 bridgehead atoms. The van der Waals surface area contributed by atoms with E-state index in [9.17, 15) is 0 Å². The van der Waals surface area contributed by atoms with Crippen molar-refractivity contribution in [2.75, 3.05) is 12.3 Å². The van der Waals surface area contributed by atoms with Crippen LogP contribution in [0.1, 0.15) is 37.7 Å². The zero-order valence-electron chi connectivity index (χ0n) is 10.1. The number of nitrogens with two attached hydrogens (primary N) is 1. The molecule has 1 aromatic heterocycles. The van der Waals surface area contributed by atoms with Crippen LogP contribution in [0.25, 0.3) is 0 Å². The Balaban J connectivity index is 2.12. The largest absolute Gasteiger partial charge is 0.383 e. The minimum atomic E-state index is 0.258. The summed E-state index contributed by atoms with van der Waals surface area (Å²) < 4.78 is 6.52. The molecule has 0 radical (unpaired) electrons. The van der Waals surface area contributed by atoms with Crippen molar-refractivity contribution in [2.45, 2.75) is 45.1 Å². The lowest BCUT2D eigenvalue weighted by atomic mass is 10.1. The first kappa shape index (κ1) is 12.8. The fourth-order valence-electron chi connectivity index (χ4n) is 2.06. The van der Waals surface area contributed by atoms with Crippen LogP contribution in [0.4, 0.5) is 5.82 Å². The molecule has 1 saturated heterocycles. The number of hydrogen-bond donors (Lipinski definition) is 1. The Morgan fingerprint density at radius 1 is 1.41 bits per heavy atom. The number of ether oxygens (including phenoxy) is 1. The van der Waals surface area contributed by atoms with E-state index in [2.05, 4.69) is 32.8 Å². The molecule has 17 heavy (non-hydrogen) atoms. The van der Waals surface area contributed by atoms with Crippen molar-refractivity contribution < 1.29 is 4.74 Å². The van der Waals surface area contributed by atoms with Crippen molar-refractivity contribution in [3.63, 3.8) is 0 Å². The molecule has 1 aromatic rings. The highest BCUT2D eigenvalue weighted by molar-refractivity contribution is 9.10. The van der Waals surface area contributed by atoms with Gasteiger partial charge in [0.15, 0.2) is 0 Å². The minimum absolute atomic E-state index is 0.258. The predicted molar refractivity (Wildman–Crippen MR) is 70.8 cm³/mol. The number of hydrogen-bond acceptors (Lipinski definition) is 4. The minimum Gasteiger partial charge on any atom is -0.383 e. The van der Waals surface area contributed by atoms with E-state index in [1.54, 1.807) is 0 Å². The maximum atomic E-state index is 5.86. The second kappa shape index (κ2) is 5.78. The van der Waals surface area contributed by atoms with Crippen LogP contribution in [0.15, 0.2) is 4.47 Å². The molecule has 1 unspecified atom stereocenters. The molecule has 1 aliphatic heterocycles. The number of anilines is 1. The van der Waals surface area contributed by atoms with E-state index in [1.165, 1.54) is 12.8 Å². The van der Waals surface area contributed by atoms with Gasteiger partial charge in [0, 0.05) is 13.0 Å². The third kappa shape index (κ3) is 3.16. The van der Waals surface area contributed by atoms with Crippen molar-refractivity contribution in [2.24, 2.45) is 0 Å². The Bertz CT molecular complexity index is 392. The number of rotatable bonds is 3. The summed E-state index contributed by atoms with van der Waals surface area (Å²) in [5, 5.41) is 0. The summed E-state index contributed by atoms with van der Waals surface area (Å²) in [4.78, 5) is 8.84. The summed E-state index contributed by atoms with van der Waals surface area (Å²) in [6.07, 6.45) is 5.38. The quantitative estimate of drug-likeness (QED) is 0.931. The predicted octanol–water partition coefficient (Wildman–Crippen LogP) is 2.50. The molecule has 5 heteroatoms. The van der Waals surface area contributed by atoms with Crippen LogP contribution in [0.3, 0.4) is 0 Å². The van der Waals surface area contributed by atoms with Crippen LogP contribution in [0.2, 0.25) is 0 Å². The van der Waals surface area contributed by atoms with Crippen molar-refractivity contribution in [1.82, 2.24) is 9.97 Å².